The van der Waals surface area contributed by atoms with Crippen LogP contribution in [-0.2, 0) is 6.54 Å². The minimum atomic E-state index is -0.583. The molecule has 0 aliphatic carbocycles. The zero-order valence-corrected chi connectivity index (χ0v) is 10.4. The van der Waals surface area contributed by atoms with E-state index in [2.05, 4.69) is 11.9 Å². The summed E-state index contributed by atoms with van der Waals surface area (Å²) < 4.78 is 61.4. The molecule has 0 spiro atoms. The average Bonchev–Trinajstić information content (AvgIpc) is 2.34. The van der Waals surface area contributed by atoms with Gasteiger partial charge >= 0.3 is 0 Å². The molecule has 0 amide bonds. The van der Waals surface area contributed by atoms with Crippen LogP contribution in [0.3, 0.4) is 0 Å². The molecule has 1 aromatic rings. The Bertz CT molecular complexity index is 249. The van der Waals surface area contributed by atoms with E-state index in [-0.39, 0.29) is 30.9 Å². The number of nitrogens with one attached hydrogen (secondary N) is 1. The second-order valence-electron chi connectivity index (χ2n) is 2.05. The molecule has 19 heavy (non-hydrogen) atoms. The molecule has 0 atom stereocenters. The molecule has 1 rings (SSSR count). The van der Waals surface area contributed by atoms with Crippen molar-refractivity contribution in [2.75, 3.05) is 0 Å². The summed E-state index contributed by atoms with van der Waals surface area (Å²) in [6, 6.07) is 3.24. The maximum Gasteiger partial charge on any atom is 0.126 e. The summed E-state index contributed by atoms with van der Waals surface area (Å²) in [6.45, 7) is 0.161. The van der Waals surface area contributed by atoms with Gasteiger partial charge < -0.3 is 11.9 Å². The minimum absolute atomic E-state index is 0. The van der Waals surface area contributed by atoms with Crippen molar-refractivity contribution in [1.29, 1.82) is 0 Å². The van der Waals surface area contributed by atoms with E-state index >= 15 is 0 Å². The maximum absolute atomic E-state index is 12.3. The van der Waals surface area contributed by atoms with Crippen LogP contribution in [0, 0.1) is 11.6 Å². The molecule has 0 fully saturated rings. The fraction of sp³-hybridized carbons (Fsp3) is 0.143. The Morgan fingerprint density at radius 1 is 0.895 bits per heavy atom. The summed E-state index contributed by atoms with van der Waals surface area (Å²) in [6.07, 6.45) is 0. The molecule has 0 unspecified atom stereocenters. The second-order valence-corrected chi connectivity index (χ2v) is 2.05. The van der Waals surface area contributed by atoms with E-state index in [1.54, 1.807) is 0 Å². The largest absolute Gasteiger partial charge is 0.344 e. The van der Waals surface area contributed by atoms with Crippen molar-refractivity contribution in [3.63, 3.8) is 0 Å². The van der Waals surface area contributed by atoms with Crippen LogP contribution in [0.1, 0.15) is 5.56 Å². The predicted molar refractivity (Wildman–Crippen MR) is 62.5 cm³/mol. The van der Waals surface area contributed by atoms with Crippen molar-refractivity contribution in [2.24, 2.45) is 17.6 Å². The number of hydrogen-bond acceptors (Lipinski definition) is 5. The van der Waals surface area contributed by atoms with Crippen molar-refractivity contribution in [3.05, 3.63) is 35.4 Å². The smallest absolute Gasteiger partial charge is 0.126 e. The van der Waals surface area contributed by atoms with Gasteiger partial charge in [-0.25, -0.2) is 8.78 Å². The molecule has 10 N–H and O–H groups in total. The molecule has 0 saturated carbocycles. The summed E-state index contributed by atoms with van der Waals surface area (Å²) in [5.74, 6) is 4.58. The minimum Gasteiger partial charge on any atom is -0.344 e. The fourth-order valence-electron chi connectivity index (χ4n) is 0.729. The molecule has 0 bridgehead atoms. The van der Waals surface area contributed by atoms with E-state index in [0.717, 1.165) is 6.07 Å². The van der Waals surface area contributed by atoms with Gasteiger partial charge in [0.2, 0.25) is 0 Å². The normalized spacial score (nSPS) is 6.79. The Balaban J connectivity index is -0.0000000632. The van der Waals surface area contributed by atoms with Crippen molar-refractivity contribution in [1.82, 2.24) is 11.9 Å². The number of nitrogens with two attached hydrogens (primary N) is 3. The highest BCUT2D eigenvalue weighted by atomic mass is 35.5. The second kappa shape index (κ2) is 25.7. The van der Waals surface area contributed by atoms with Crippen LogP contribution in [0.4, 0.5) is 26.7 Å². The highest BCUT2D eigenvalue weighted by Gasteiger charge is 1.96. The molecule has 0 saturated heterocycles. The van der Waals surface area contributed by atoms with Crippen molar-refractivity contribution >= 4 is 12.4 Å². The summed E-state index contributed by atoms with van der Waals surface area (Å²) >= 11 is 0. The van der Waals surface area contributed by atoms with Gasteiger partial charge in [-0.15, -0.1) is 30.3 Å². The molecule has 12 heteroatoms. The third-order valence-corrected chi connectivity index (χ3v) is 1.16. The maximum atomic E-state index is 12.3. The van der Waals surface area contributed by atoms with Crippen molar-refractivity contribution in [2.45, 2.75) is 6.54 Å². The highest BCUT2D eigenvalue weighted by Crippen LogP contribution is 2.06. The first kappa shape index (κ1) is 30.7. The van der Waals surface area contributed by atoms with Crippen LogP contribution in [0.5, 0.6) is 0 Å². The molecule has 0 radical (unpaired) electrons. The molecular formula is C7H16ClF6N5. The molecule has 0 heterocycles. The Morgan fingerprint density at radius 2 is 1.16 bits per heavy atom. The van der Waals surface area contributed by atoms with Gasteiger partial charge in [-0.1, -0.05) is 0 Å². The van der Waals surface area contributed by atoms with Gasteiger partial charge in [0.25, 0.3) is 0 Å². The van der Waals surface area contributed by atoms with E-state index in [9.17, 15) is 17.7 Å². The van der Waals surface area contributed by atoms with Gasteiger partial charge in [0, 0.05) is 18.4 Å². The number of benzene rings is 1. The number of hydrogen-bond donors (Lipinski definition) is 5. The molecule has 1 aromatic carbocycles. The summed E-state index contributed by atoms with van der Waals surface area (Å²) in [5, 5.41) is 0. The van der Waals surface area contributed by atoms with E-state index in [0.29, 0.717) is 5.56 Å². The van der Waals surface area contributed by atoms with E-state index in [1.165, 1.54) is 12.1 Å². The van der Waals surface area contributed by atoms with E-state index in [1.807, 2.05) is 0 Å². The van der Waals surface area contributed by atoms with Crippen LogP contribution in [0.2, 0.25) is 0 Å². The number of halogens is 7. The fourth-order valence-corrected chi connectivity index (χ4v) is 0.729. The lowest BCUT2D eigenvalue weighted by atomic mass is 10.2. The summed E-state index contributed by atoms with van der Waals surface area (Å²) in [7, 11) is 0. The highest BCUT2D eigenvalue weighted by molar-refractivity contribution is 5.85. The van der Waals surface area contributed by atoms with Gasteiger partial charge in [0.15, 0.2) is 0 Å². The molecular weight excluding hydrogens is 304 g/mol. The van der Waals surface area contributed by atoms with Crippen LogP contribution in [-0.4, -0.2) is 0 Å². The van der Waals surface area contributed by atoms with Crippen LogP contribution in [0.15, 0.2) is 18.2 Å². The summed E-state index contributed by atoms with van der Waals surface area (Å²) in [4.78, 5) is 0. The van der Waals surface area contributed by atoms with Crippen LogP contribution in [0.25, 0.3) is 0 Å². The lowest BCUT2D eigenvalue weighted by Crippen LogP contribution is -1.97. The molecule has 0 aromatic heterocycles. The molecule has 118 valence electrons. The third kappa shape index (κ3) is 22.5. The Hall–Kier alpha value is -1.11. The Morgan fingerprint density at radius 3 is 1.37 bits per heavy atom. The zero-order valence-electron chi connectivity index (χ0n) is 9.55. The van der Waals surface area contributed by atoms with Crippen LogP contribution < -0.4 is 29.6 Å². The Labute approximate surface area is 111 Å². The molecule has 0 aliphatic heterocycles. The topological polar surface area (TPSA) is 125 Å². The lowest BCUT2D eigenvalue weighted by molar-refractivity contribution is 0.130. The zero-order chi connectivity index (χ0) is 14.3. The monoisotopic (exact) mass is 319 g/mol. The van der Waals surface area contributed by atoms with Gasteiger partial charge in [-0.05, 0) is 17.7 Å². The number of rotatable bonds is 1. The predicted octanol–water partition coefficient (Wildman–Crippen LogP) is 2.01. The van der Waals surface area contributed by atoms with E-state index < -0.39 is 11.6 Å². The summed E-state index contributed by atoms with van der Waals surface area (Å²) in [5.41, 5.74) is 5.62. The van der Waals surface area contributed by atoms with Gasteiger partial charge in [0.05, 0.1) is 0 Å². The quantitative estimate of drug-likeness (QED) is 0.400. The first-order valence-electron chi connectivity index (χ1n) is 3.69. The lowest BCUT2D eigenvalue weighted by Gasteiger charge is -1.95. The van der Waals surface area contributed by atoms with Crippen molar-refractivity contribution < 1.29 is 26.7 Å². The molecule has 5 nitrogen and oxygen atoms in total. The average molecular weight is 320 g/mol. The van der Waals surface area contributed by atoms with Gasteiger partial charge in [-0.2, -0.15) is 11.9 Å². The van der Waals surface area contributed by atoms with Crippen molar-refractivity contribution in [3.8, 4) is 0 Å². The first-order valence-corrected chi connectivity index (χ1v) is 3.69. The third-order valence-electron chi connectivity index (χ3n) is 1.16. The molecule has 0 aliphatic rings. The SMILES string of the molecule is Cl.FNF.N.NCc1cc(F)cc(F)c1.NF.NF. The standard InChI is InChI=1S/C7H7F2N.ClH.F2HN.2FH2N.H3N/c8-6-1-5(4-10)2-7(9)3-6;;1-3-2;2*1-2;/h1-3H,4,10H2;1H;3H;2*2H2;1H3. The van der Waals surface area contributed by atoms with Gasteiger partial charge in [-0.3, -0.25) is 0 Å². The van der Waals surface area contributed by atoms with E-state index in [4.69, 9.17) is 14.7 Å². The Kier molecular flexibility index (Phi) is 41.5. The van der Waals surface area contributed by atoms with Crippen LogP contribution >= 0.6 is 12.4 Å². The first-order chi connectivity index (χ1) is 8.13. The van der Waals surface area contributed by atoms with Gasteiger partial charge in [0.1, 0.15) is 11.6 Å².